The molecule has 0 unspecified atom stereocenters. The van der Waals surface area contributed by atoms with E-state index < -0.39 is 0 Å². The lowest BCUT2D eigenvalue weighted by molar-refractivity contribution is 0.0980. The van der Waals surface area contributed by atoms with Gasteiger partial charge in [0.15, 0.2) is 0 Å². The van der Waals surface area contributed by atoms with Crippen molar-refractivity contribution in [2.24, 2.45) is 0 Å². The van der Waals surface area contributed by atoms with Crippen molar-refractivity contribution in [3.8, 4) is 0 Å². The molecule has 5 heteroatoms. The van der Waals surface area contributed by atoms with Gasteiger partial charge in [-0.05, 0) is 58.2 Å². The zero-order valence-corrected chi connectivity index (χ0v) is 14.8. The highest BCUT2D eigenvalue weighted by Crippen LogP contribution is 2.28. The zero-order chi connectivity index (χ0) is 17.3. The van der Waals surface area contributed by atoms with Gasteiger partial charge in [0.1, 0.15) is 5.69 Å². The van der Waals surface area contributed by atoms with E-state index >= 15 is 0 Å². The first-order valence-electron chi connectivity index (χ1n) is 8.37. The number of benzene rings is 1. The number of nitrogens with zero attached hydrogens (tertiary/aromatic N) is 3. The maximum Gasteiger partial charge on any atom is 0.277 e. The normalized spacial score (nSPS) is 14.2. The lowest BCUT2D eigenvalue weighted by atomic mass is 10.0. The third-order valence-corrected chi connectivity index (χ3v) is 3.92. The number of fused-ring (bicyclic) bond motifs is 1. The first-order valence-corrected chi connectivity index (χ1v) is 8.37. The van der Waals surface area contributed by atoms with Crippen LogP contribution in [0.3, 0.4) is 0 Å². The Morgan fingerprint density at radius 3 is 2.71 bits per heavy atom. The minimum absolute atomic E-state index is 0.0652. The third kappa shape index (κ3) is 3.55. The molecule has 5 nitrogen and oxygen atoms in total. The first kappa shape index (κ1) is 16.4. The lowest BCUT2D eigenvalue weighted by Gasteiger charge is -2.29. The zero-order valence-electron chi connectivity index (χ0n) is 14.8. The fraction of sp³-hybridized carbons (Fsp3) is 0.421. The van der Waals surface area contributed by atoms with E-state index in [0.717, 1.165) is 30.8 Å². The van der Waals surface area contributed by atoms with Crippen LogP contribution in [0.5, 0.6) is 0 Å². The van der Waals surface area contributed by atoms with Crippen LogP contribution >= 0.6 is 0 Å². The van der Waals surface area contributed by atoms with Gasteiger partial charge < -0.3 is 10.2 Å². The molecule has 0 fully saturated rings. The van der Waals surface area contributed by atoms with E-state index in [1.807, 2.05) is 50.8 Å². The van der Waals surface area contributed by atoms with E-state index in [0.29, 0.717) is 11.6 Å². The molecule has 0 atom stereocenters. The summed E-state index contributed by atoms with van der Waals surface area (Å²) in [4.78, 5) is 23.7. The average Bonchev–Trinajstić information content (AvgIpc) is 2.51. The van der Waals surface area contributed by atoms with Gasteiger partial charge in [-0.15, -0.1) is 0 Å². The van der Waals surface area contributed by atoms with Crippen molar-refractivity contribution in [1.82, 2.24) is 9.97 Å². The van der Waals surface area contributed by atoms with Gasteiger partial charge in [-0.25, -0.2) is 9.97 Å². The second-order valence-electron chi connectivity index (χ2n) is 7.28. The number of hydrogen-bond acceptors (Lipinski definition) is 4. The summed E-state index contributed by atoms with van der Waals surface area (Å²) < 4.78 is 0. The van der Waals surface area contributed by atoms with Crippen LogP contribution < -0.4 is 10.2 Å². The molecular formula is C19H24N4O. The number of para-hydroxylation sites is 1. The molecule has 0 radical (unpaired) electrons. The molecule has 1 N–H and O–H groups in total. The molecule has 0 aliphatic carbocycles. The van der Waals surface area contributed by atoms with Crippen LogP contribution in [0.1, 0.15) is 48.9 Å². The maximum atomic E-state index is 13.0. The second kappa shape index (κ2) is 6.23. The fourth-order valence-corrected chi connectivity index (χ4v) is 2.95. The molecule has 0 saturated heterocycles. The molecule has 3 rings (SSSR count). The third-order valence-electron chi connectivity index (χ3n) is 3.92. The summed E-state index contributed by atoms with van der Waals surface area (Å²) in [5, 5.41) is 3.25. The van der Waals surface area contributed by atoms with Crippen molar-refractivity contribution in [3.63, 3.8) is 0 Å². The van der Waals surface area contributed by atoms with Crippen molar-refractivity contribution in [2.75, 3.05) is 16.8 Å². The van der Waals surface area contributed by atoms with Crippen LogP contribution in [0.4, 0.5) is 11.6 Å². The van der Waals surface area contributed by atoms with Crippen LogP contribution in [0.2, 0.25) is 0 Å². The van der Waals surface area contributed by atoms with Crippen LogP contribution in [-0.4, -0.2) is 28.0 Å². The minimum atomic E-state index is -0.161. The van der Waals surface area contributed by atoms with Gasteiger partial charge in [-0.3, -0.25) is 4.79 Å². The molecule has 126 valence electrons. The van der Waals surface area contributed by atoms with Gasteiger partial charge in [0.2, 0.25) is 5.95 Å². The number of rotatable bonds is 2. The number of hydrogen-bond donors (Lipinski definition) is 1. The number of nitrogens with one attached hydrogen (secondary N) is 1. The summed E-state index contributed by atoms with van der Waals surface area (Å²) in [7, 11) is 0. The molecule has 1 aromatic heterocycles. The Morgan fingerprint density at radius 2 is 1.96 bits per heavy atom. The van der Waals surface area contributed by atoms with Crippen molar-refractivity contribution in [3.05, 3.63) is 47.3 Å². The molecule has 1 aromatic carbocycles. The Hall–Kier alpha value is -2.43. The molecule has 24 heavy (non-hydrogen) atoms. The molecule has 2 heterocycles. The SMILES string of the molecule is Cc1cc(C(=O)N2CCCc3ccccc32)nc(NC(C)(C)C)n1. The van der Waals surface area contributed by atoms with E-state index in [9.17, 15) is 4.79 Å². The van der Waals surface area contributed by atoms with E-state index in [4.69, 9.17) is 0 Å². The highest BCUT2D eigenvalue weighted by Gasteiger charge is 2.25. The number of aromatic nitrogens is 2. The summed E-state index contributed by atoms with van der Waals surface area (Å²) in [6.07, 6.45) is 1.99. The van der Waals surface area contributed by atoms with Crippen molar-refractivity contribution in [1.29, 1.82) is 0 Å². The minimum Gasteiger partial charge on any atom is -0.350 e. The van der Waals surface area contributed by atoms with Gasteiger partial charge >= 0.3 is 0 Å². The van der Waals surface area contributed by atoms with Gasteiger partial charge in [-0.1, -0.05) is 18.2 Å². The van der Waals surface area contributed by atoms with E-state index in [2.05, 4.69) is 21.4 Å². The van der Waals surface area contributed by atoms with Crippen LogP contribution in [0, 0.1) is 6.92 Å². The van der Waals surface area contributed by atoms with Gasteiger partial charge in [0.05, 0.1) is 0 Å². The highest BCUT2D eigenvalue weighted by atomic mass is 16.2. The predicted molar refractivity (Wildman–Crippen MR) is 96.6 cm³/mol. The average molecular weight is 324 g/mol. The molecular weight excluding hydrogens is 300 g/mol. The molecule has 0 saturated carbocycles. The fourth-order valence-electron chi connectivity index (χ4n) is 2.95. The van der Waals surface area contributed by atoms with Crippen LogP contribution in [0.15, 0.2) is 30.3 Å². The predicted octanol–water partition coefficient (Wildman–Crippen LogP) is 3.59. The van der Waals surface area contributed by atoms with Gasteiger partial charge in [-0.2, -0.15) is 0 Å². The summed E-state index contributed by atoms with van der Waals surface area (Å²) >= 11 is 0. The molecule has 1 aliphatic heterocycles. The Balaban J connectivity index is 1.94. The molecule has 1 amide bonds. The van der Waals surface area contributed by atoms with Gasteiger partial charge in [0, 0.05) is 23.5 Å². The Morgan fingerprint density at radius 1 is 1.21 bits per heavy atom. The van der Waals surface area contributed by atoms with Gasteiger partial charge in [0.25, 0.3) is 5.91 Å². The summed E-state index contributed by atoms with van der Waals surface area (Å²) in [5.74, 6) is 0.431. The topological polar surface area (TPSA) is 58.1 Å². The number of anilines is 2. The standard InChI is InChI=1S/C19H24N4O/c1-13-12-15(21-18(20-13)22-19(2,3)4)17(24)23-11-7-9-14-8-5-6-10-16(14)23/h5-6,8,10,12H,7,9,11H2,1-4H3,(H,20,21,22). The molecule has 1 aliphatic rings. The summed E-state index contributed by atoms with van der Waals surface area (Å²) in [5.41, 5.74) is 3.27. The quantitative estimate of drug-likeness (QED) is 0.917. The number of carbonyl (C=O) groups is 1. The highest BCUT2D eigenvalue weighted by molar-refractivity contribution is 6.05. The maximum absolute atomic E-state index is 13.0. The summed E-state index contributed by atoms with van der Waals surface area (Å²) in [6, 6.07) is 9.85. The van der Waals surface area contributed by atoms with E-state index in [1.54, 1.807) is 6.07 Å². The van der Waals surface area contributed by atoms with Crippen molar-refractivity contribution >= 4 is 17.5 Å². The largest absolute Gasteiger partial charge is 0.350 e. The molecule has 0 spiro atoms. The van der Waals surface area contributed by atoms with Crippen LogP contribution in [0.25, 0.3) is 0 Å². The van der Waals surface area contributed by atoms with E-state index in [1.165, 1.54) is 5.56 Å². The number of carbonyl (C=O) groups excluding carboxylic acids is 1. The Labute approximate surface area is 143 Å². The first-order chi connectivity index (χ1) is 11.3. The molecule has 2 aromatic rings. The van der Waals surface area contributed by atoms with E-state index in [-0.39, 0.29) is 11.4 Å². The molecule has 0 bridgehead atoms. The number of aryl methyl sites for hydroxylation is 2. The lowest BCUT2D eigenvalue weighted by Crippen LogP contribution is -2.36. The Kier molecular flexibility index (Phi) is 4.26. The second-order valence-corrected chi connectivity index (χ2v) is 7.28. The smallest absolute Gasteiger partial charge is 0.277 e. The van der Waals surface area contributed by atoms with Crippen LogP contribution in [-0.2, 0) is 6.42 Å². The summed E-state index contributed by atoms with van der Waals surface area (Å²) in [6.45, 7) is 8.74. The van der Waals surface area contributed by atoms with Crippen molar-refractivity contribution < 1.29 is 4.79 Å². The number of amides is 1. The Bertz CT molecular complexity index is 764. The monoisotopic (exact) mass is 324 g/mol. The van der Waals surface area contributed by atoms with Crippen molar-refractivity contribution in [2.45, 2.75) is 46.1 Å².